The van der Waals surface area contributed by atoms with E-state index in [1.807, 2.05) is 37.3 Å². The van der Waals surface area contributed by atoms with E-state index in [9.17, 15) is 4.79 Å². The van der Waals surface area contributed by atoms with Gasteiger partial charge < -0.3 is 14.9 Å². The largest absolute Gasteiger partial charge is 0.465 e. The first kappa shape index (κ1) is 16.0. The summed E-state index contributed by atoms with van der Waals surface area (Å²) in [6.07, 6.45) is 3.15. The van der Waals surface area contributed by atoms with Gasteiger partial charge in [-0.05, 0) is 42.3 Å². The number of nitrogen functional groups attached to an aromatic ring is 1. The second-order valence-corrected chi connectivity index (χ2v) is 6.17. The zero-order chi connectivity index (χ0) is 18.1. The monoisotopic (exact) mass is 346 g/mol. The fourth-order valence-electron chi connectivity index (χ4n) is 2.95. The molecule has 4 rings (SSSR count). The number of hydrogen-bond donors (Lipinski definition) is 1. The first-order valence-corrected chi connectivity index (χ1v) is 8.31. The molecule has 1 aliphatic heterocycles. The van der Waals surface area contributed by atoms with Crippen LogP contribution in [0.15, 0.2) is 71.0 Å². The predicted octanol–water partition coefficient (Wildman–Crippen LogP) is 4.14. The summed E-state index contributed by atoms with van der Waals surface area (Å²) in [5, 5.41) is 0. The summed E-state index contributed by atoms with van der Waals surface area (Å²) in [7, 11) is 0. The van der Waals surface area contributed by atoms with Crippen molar-refractivity contribution in [2.45, 2.75) is 13.5 Å². The molecular weight excluding hydrogens is 328 g/mol. The van der Waals surface area contributed by atoms with Crippen molar-refractivity contribution in [2.75, 3.05) is 10.6 Å². The number of aryl methyl sites for hydroxylation is 1. The number of amides is 1. The fourth-order valence-corrected chi connectivity index (χ4v) is 2.95. The minimum atomic E-state index is -0.220. The van der Waals surface area contributed by atoms with Crippen molar-refractivity contribution < 1.29 is 13.9 Å². The lowest BCUT2D eigenvalue weighted by Crippen LogP contribution is -2.37. The molecule has 0 spiro atoms. The Morgan fingerprint density at radius 3 is 2.73 bits per heavy atom. The molecule has 2 heterocycles. The summed E-state index contributed by atoms with van der Waals surface area (Å²) >= 11 is 0. The minimum Gasteiger partial charge on any atom is -0.465 e. The van der Waals surface area contributed by atoms with Crippen LogP contribution in [0.25, 0.3) is 6.08 Å². The van der Waals surface area contributed by atoms with Crippen LogP contribution in [-0.4, -0.2) is 5.91 Å². The van der Waals surface area contributed by atoms with Crippen LogP contribution in [0.2, 0.25) is 0 Å². The number of nitrogens with two attached hydrogens (primary N) is 1. The average molecular weight is 346 g/mol. The van der Waals surface area contributed by atoms with Crippen molar-refractivity contribution in [3.05, 3.63) is 83.5 Å². The normalized spacial score (nSPS) is 15.0. The molecule has 2 N–H and O–H groups in total. The molecule has 0 unspecified atom stereocenters. The Morgan fingerprint density at radius 2 is 1.96 bits per heavy atom. The SMILES string of the molecule is Cc1ccccc1CN1C(=O)/C(=C\c2ccco2)Oc2cc(N)ccc21. The summed E-state index contributed by atoms with van der Waals surface area (Å²) < 4.78 is 11.1. The Kier molecular flexibility index (Phi) is 3.97. The van der Waals surface area contributed by atoms with Gasteiger partial charge in [0.15, 0.2) is 11.5 Å². The van der Waals surface area contributed by atoms with E-state index in [0.717, 1.165) is 11.1 Å². The maximum Gasteiger partial charge on any atom is 0.294 e. The second kappa shape index (κ2) is 6.44. The smallest absolute Gasteiger partial charge is 0.294 e. The number of furan rings is 1. The molecule has 3 aromatic rings. The lowest BCUT2D eigenvalue weighted by molar-refractivity contribution is -0.117. The molecular formula is C21H18N2O3. The van der Waals surface area contributed by atoms with E-state index in [2.05, 4.69) is 0 Å². The van der Waals surface area contributed by atoms with E-state index < -0.39 is 0 Å². The molecule has 2 aromatic carbocycles. The number of rotatable bonds is 3. The summed E-state index contributed by atoms with van der Waals surface area (Å²) in [4.78, 5) is 14.8. The Morgan fingerprint density at radius 1 is 1.12 bits per heavy atom. The van der Waals surface area contributed by atoms with E-state index in [-0.39, 0.29) is 11.7 Å². The van der Waals surface area contributed by atoms with Crippen molar-refractivity contribution >= 4 is 23.4 Å². The number of fused-ring (bicyclic) bond motifs is 1. The zero-order valence-corrected chi connectivity index (χ0v) is 14.3. The van der Waals surface area contributed by atoms with E-state index in [1.54, 1.807) is 41.5 Å². The number of ether oxygens (including phenoxy) is 1. The molecule has 5 nitrogen and oxygen atoms in total. The van der Waals surface area contributed by atoms with Gasteiger partial charge in [-0.2, -0.15) is 0 Å². The van der Waals surface area contributed by atoms with Gasteiger partial charge in [0.25, 0.3) is 5.91 Å². The van der Waals surface area contributed by atoms with Crippen molar-refractivity contribution in [1.82, 2.24) is 0 Å². The van der Waals surface area contributed by atoms with Gasteiger partial charge in [0.2, 0.25) is 0 Å². The van der Waals surface area contributed by atoms with E-state index in [4.69, 9.17) is 14.9 Å². The Hall–Kier alpha value is -3.47. The number of carbonyl (C=O) groups is 1. The summed E-state index contributed by atoms with van der Waals surface area (Å²) in [5.41, 5.74) is 9.37. The molecule has 0 saturated carbocycles. The fraction of sp³-hybridized carbons (Fsp3) is 0.0952. The van der Waals surface area contributed by atoms with Gasteiger partial charge in [0.1, 0.15) is 5.76 Å². The van der Waals surface area contributed by atoms with Crippen LogP contribution < -0.4 is 15.4 Å². The van der Waals surface area contributed by atoms with Crippen LogP contribution >= 0.6 is 0 Å². The molecule has 26 heavy (non-hydrogen) atoms. The van der Waals surface area contributed by atoms with Gasteiger partial charge in [-0.15, -0.1) is 0 Å². The number of anilines is 2. The second-order valence-electron chi connectivity index (χ2n) is 6.17. The van der Waals surface area contributed by atoms with Crippen molar-refractivity contribution in [2.24, 2.45) is 0 Å². The van der Waals surface area contributed by atoms with Crippen molar-refractivity contribution in [3.63, 3.8) is 0 Å². The quantitative estimate of drug-likeness (QED) is 0.572. The summed E-state index contributed by atoms with van der Waals surface area (Å²) in [6, 6.07) is 16.8. The average Bonchev–Trinajstić information content (AvgIpc) is 3.13. The van der Waals surface area contributed by atoms with Gasteiger partial charge >= 0.3 is 0 Å². The van der Waals surface area contributed by atoms with Crippen LogP contribution in [0.1, 0.15) is 16.9 Å². The van der Waals surface area contributed by atoms with E-state index in [0.29, 0.717) is 29.4 Å². The molecule has 0 bridgehead atoms. The molecule has 0 saturated heterocycles. The highest BCUT2D eigenvalue weighted by molar-refractivity contribution is 6.09. The van der Waals surface area contributed by atoms with E-state index >= 15 is 0 Å². The van der Waals surface area contributed by atoms with Crippen LogP contribution in [-0.2, 0) is 11.3 Å². The van der Waals surface area contributed by atoms with Gasteiger partial charge in [-0.1, -0.05) is 24.3 Å². The Labute approximate surface area is 151 Å². The van der Waals surface area contributed by atoms with Crippen molar-refractivity contribution in [1.29, 1.82) is 0 Å². The van der Waals surface area contributed by atoms with Crippen LogP contribution in [0.5, 0.6) is 5.75 Å². The van der Waals surface area contributed by atoms with Crippen LogP contribution in [0, 0.1) is 6.92 Å². The van der Waals surface area contributed by atoms with Crippen LogP contribution in [0.3, 0.4) is 0 Å². The highest BCUT2D eigenvalue weighted by Crippen LogP contribution is 2.38. The van der Waals surface area contributed by atoms with Gasteiger partial charge in [-0.3, -0.25) is 9.69 Å². The molecule has 5 heteroatoms. The lowest BCUT2D eigenvalue weighted by Gasteiger charge is -2.31. The van der Waals surface area contributed by atoms with Crippen LogP contribution in [0.4, 0.5) is 11.4 Å². The zero-order valence-electron chi connectivity index (χ0n) is 14.3. The molecule has 0 atom stereocenters. The number of nitrogens with zero attached hydrogens (tertiary/aromatic N) is 1. The van der Waals surface area contributed by atoms with Gasteiger partial charge in [-0.25, -0.2) is 0 Å². The first-order chi connectivity index (χ1) is 12.6. The number of hydrogen-bond acceptors (Lipinski definition) is 4. The summed E-state index contributed by atoms with van der Waals surface area (Å²) in [6.45, 7) is 2.48. The molecule has 1 aromatic heterocycles. The van der Waals surface area contributed by atoms with E-state index in [1.165, 1.54) is 0 Å². The third kappa shape index (κ3) is 2.95. The maximum atomic E-state index is 13.1. The minimum absolute atomic E-state index is 0.201. The maximum absolute atomic E-state index is 13.1. The highest BCUT2D eigenvalue weighted by atomic mass is 16.5. The highest BCUT2D eigenvalue weighted by Gasteiger charge is 2.31. The predicted molar refractivity (Wildman–Crippen MR) is 101 cm³/mol. The number of benzene rings is 2. The molecule has 0 fully saturated rings. The first-order valence-electron chi connectivity index (χ1n) is 8.31. The number of carbonyl (C=O) groups excluding carboxylic acids is 1. The molecule has 1 amide bonds. The topological polar surface area (TPSA) is 68.7 Å². The summed E-state index contributed by atoms with van der Waals surface area (Å²) in [5.74, 6) is 1.08. The Bertz CT molecular complexity index is 990. The molecule has 0 radical (unpaired) electrons. The van der Waals surface area contributed by atoms with Crippen molar-refractivity contribution in [3.8, 4) is 5.75 Å². The van der Waals surface area contributed by atoms with Gasteiger partial charge in [0.05, 0.1) is 18.5 Å². The Balaban J connectivity index is 1.78. The molecule has 130 valence electrons. The third-order valence-corrected chi connectivity index (χ3v) is 4.36. The molecule has 0 aliphatic carbocycles. The third-order valence-electron chi connectivity index (χ3n) is 4.36. The van der Waals surface area contributed by atoms with Gasteiger partial charge in [0, 0.05) is 17.8 Å². The lowest BCUT2D eigenvalue weighted by atomic mass is 10.1. The standard InChI is InChI=1S/C21H18N2O3/c1-14-5-2-3-6-15(14)13-23-18-9-8-16(22)11-19(18)26-20(21(23)24)12-17-7-4-10-25-17/h2-12H,13,22H2,1H3/b20-12+. The molecule has 1 aliphatic rings.